The number of carbonyl (C=O) groups excluding carboxylic acids is 1. The Labute approximate surface area is 147 Å². The third-order valence-corrected chi connectivity index (χ3v) is 4.85. The fourth-order valence-corrected chi connectivity index (χ4v) is 3.36. The largest absolute Gasteiger partial charge is 0.377 e. The number of amides is 1. The van der Waals surface area contributed by atoms with Gasteiger partial charge in [0.25, 0.3) is 11.6 Å². The molecular formula is C18H26N4O3. The fourth-order valence-electron chi connectivity index (χ4n) is 3.36. The highest BCUT2D eigenvalue weighted by molar-refractivity contribution is 5.96. The second-order valence-electron chi connectivity index (χ2n) is 6.89. The molecule has 1 aromatic rings. The van der Waals surface area contributed by atoms with Gasteiger partial charge >= 0.3 is 0 Å². The molecule has 3 rings (SSSR count). The van der Waals surface area contributed by atoms with Gasteiger partial charge in [-0.25, -0.2) is 0 Å². The van der Waals surface area contributed by atoms with Crippen molar-refractivity contribution in [3.8, 4) is 0 Å². The summed E-state index contributed by atoms with van der Waals surface area (Å²) < 4.78 is 0. The van der Waals surface area contributed by atoms with Crippen LogP contribution in [0.15, 0.2) is 18.2 Å². The molecule has 2 aliphatic rings. The molecule has 0 unspecified atom stereocenters. The average molecular weight is 346 g/mol. The van der Waals surface area contributed by atoms with Crippen LogP contribution in [0, 0.1) is 10.1 Å². The minimum atomic E-state index is -0.407. The van der Waals surface area contributed by atoms with Gasteiger partial charge in [-0.1, -0.05) is 6.92 Å². The van der Waals surface area contributed by atoms with Crippen LogP contribution in [0.5, 0.6) is 0 Å². The molecule has 1 aliphatic carbocycles. The molecule has 136 valence electrons. The number of hydrogen-bond donors (Lipinski definition) is 2. The third-order valence-electron chi connectivity index (χ3n) is 4.85. The van der Waals surface area contributed by atoms with Gasteiger partial charge in [-0.15, -0.1) is 0 Å². The van der Waals surface area contributed by atoms with Crippen LogP contribution in [0.25, 0.3) is 0 Å². The number of nitro groups is 1. The SMILES string of the molecule is CCCN(C(=O)c1ccc(NC2CC2)c([N+](=O)[O-])c1)C1CCNCC1. The second-order valence-corrected chi connectivity index (χ2v) is 6.89. The lowest BCUT2D eigenvalue weighted by Gasteiger charge is -2.34. The zero-order valence-corrected chi connectivity index (χ0v) is 14.7. The number of anilines is 1. The number of benzene rings is 1. The van der Waals surface area contributed by atoms with E-state index in [2.05, 4.69) is 10.6 Å². The first-order chi connectivity index (χ1) is 12.1. The lowest BCUT2D eigenvalue weighted by atomic mass is 10.0. The number of hydrogen-bond acceptors (Lipinski definition) is 5. The van der Waals surface area contributed by atoms with E-state index >= 15 is 0 Å². The van der Waals surface area contributed by atoms with Crippen LogP contribution in [0.2, 0.25) is 0 Å². The number of nitrogens with one attached hydrogen (secondary N) is 2. The first kappa shape index (κ1) is 17.7. The summed E-state index contributed by atoms with van der Waals surface area (Å²) in [5.74, 6) is -0.102. The standard InChI is InChI=1S/C18H26N4O3/c1-2-11-21(15-7-9-19-10-8-15)18(23)13-3-6-16(20-14-4-5-14)17(12-13)22(24)25/h3,6,12,14-15,19-20H,2,4-5,7-11H2,1H3. The van der Waals surface area contributed by atoms with Crippen LogP contribution in [0.4, 0.5) is 11.4 Å². The van der Waals surface area contributed by atoms with E-state index < -0.39 is 4.92 Å². The summed E-state index contributed by atoms with van der Waals surface area (Å²) in [5.41, 5.74) is 0.896. The van der Waals surface area contributed by atoms with Crippen LogP contribution in [-0.4, -0.2) is 47.4 Å². The lowest BCUT2D eigenvalue weighted by Crippen LogP contribution is -2.46. The van der Waals surface area contributed by atoms with Crippen molar-refractivity contribution in [2.45, 2.75) is 51.1 Å². The Morgan fingerprint density at radius 2 is 2.04 bits per heavy atom. The molecule has 1 saturated heterocycles. The van der Waals surface area contributed by atoms with E-state index in [4.69, 9.17) is 0 Å². The molecule has 2 N–H and O–H groups in total. The van der Waals surface area contributed by atoms with Gasteiger partial charge in [0.2, 0.25) is 0 Å². The van der Waals surface area contributed by atoms with E-state index in [1.165, 1.54) is 6.07 Å². The number of rotatable bonds is 7. The highest BCUT2D eigenvalue weighted by atomic mass is 16.6. The molecule has 0 radical (unpaired) electrons. The van der Waals surface area contributed by atoms with Crippen molar-refractivity contribution in [2.75, 3.05) is 25.0 Å². The summed E-state index contributed by atoms with van der Waals surface area (Å²) >= 11 is 0. The summed E-state index contributed by atoms with van der Waals surface area (Å²) in [6.45, 7) is 4.54. The number of nitrogens with zero attached hydrogens (tertiary/aromatic N) is 2. The summed E-state index contributed by atoms with van der Waals surface area (Å²) in [6.07, 6.45) is 4.80. The first-order valence-corrected chi connectivity index (χ1v) is 9.16. The maximum Gasteiger partial charge on any atom is 0.293 e. The molecule has 0 bridgehead atoms. The highest BCUT2D eigenvalue weighted by Gasteiger charge is 2.29. The van der Waals surface area contributed by atoms with E-state index in [1.54, 1.807) is 12.1 Å². The second kappa shape index (κ2) is 7.82. The molecular weight excluding hydrogens is 320 g/mol. The molecule has 2 fully saturated rings. The normalized spacial score (nSPS) is 18.0. The fraction of sp³-hybridized carbons (Fsp3) is 0.611. The minimum Gasteiger partial charge on any atom is -0.377 e. The maximum absolute atomic E-state index is 13.0. The first-order valence-electron chi connectivity index (χ1n) is 9.16. The van der Waals surface area contributed by atoms with Crippen LogP contribution in [0.1, 0.15) is 49.4 Å². The van der Waals surface area contributed by atoms with Crippen molar-refractivity contribution in [3.63, 3.8) is 0 Å². The van der Waals surface area contributed by atoms with E-state index in [1.807, 2.05) is 11.8 Å². The van der Waals surface area contributed by atoms with Crippen LogP contribution in [-0.2, 0) is 0 Å². The molecule has 7 heteroatoms. The Kier molecular flexibility index (Phi) is 5.53. The van der Waals surface area contributed by atoms with Gasteiger partial charge in [0, 0.05) is 30.3 Å². The number of nitro benzene ring substituents is 1. The monoisotopic (exact) mass is 346 g/mol. The van der Waals surface area contributed by atoms with Gasteiger partial charge in [0.1, 0.15) is 5.69 Å². The Hall–Kier alpha value is -2.15. The zero-order chi connectivity index (χ0) is 17.8. The zero-order valence-electron chi connectivity index (χ0n) is 14.7. The highest BCUT2D eigenvalue weighted by Crippen LogP contribution is 2.32. The molecule has 1 aliphatic heterocycles. The molecule has 1 heterocycles. The summed E-state index contributed by atoms with van der Waals surface area (Å²) in [4.78, 5) is 25.9. The lowest BCUT2D eigenvalue weighted by molar-refractivity contribution is -0.384. The van der Waals surface area contributed by atoms with Crippen molar-refractivity contribution in [1.82, 2.24) is 10.2 Å². The Balaban J connectivity index is 1.83. The molecule has 1 aromatic carbocycles. The van der Waals surface area contributed by atoms with Gasteiger partial charge in [-0.3, -0.25) is 14.9 Å². The quantitative estimate of drug-likeness (QED) is 0.585. The van der Waals surface area contributed by atoms with Crippen LogP contribution >= 0.6 is 0 Å². The topological polar surface area (TPSA) is 87.5 Å². The summed E-state index contributed by atoms with van der Waals surface area (Å²) in [5, 5.41) is 17.9. The summed E-state index contributed by atoms with van der Waals surface area (Å²) in [6, 6.07) is 5.35. The van der Waals surface area contributed by atoms with Crippen molar-refractivity contribution in [2.24, 2.45) is 0 Å². The number of carbonyl (C=O) groups is 1. The predicted octanol–water partition coefficient (Wildman–Crippen LogP) is 2.77. The van der Waals surface area contributed by atoms with Gasteiger partial charge in [0.15, 0.2) is 0 Å². The Bertz CT molecular complexity index is 639. The molecule has 25 heavy (non-hydrogen) atoms. The molecule has 0 spiro atoms. The van der Waals surface area contributed by atoms with Crippen molar-refractivity contribution >= 4 is 17.3 Å². The maximum atomic E-state index is 13.0. The van der Waals surface area contributed by atoms with Gasteiger partial charge in [-0.05, 0) is 57.3 Å². The molecule has 1 amide bonds. The van der Waals surface area contributed by atoms with Crippen molar-refractivity contribution < 1.29 is 9.72 Å². The molecule has 7 nitrogen and oxygen atoms in total. The third kappa shape index (κ3) is 4.28. The van der Waals surface area contributed by atoms with Crippen molar-refractivity contribution in [3.05, 3.63) is 33.9 Å². The molecule has 0 atom stereocenters. The van der Waals surface area contributed by atoms with E-state index in [-0.39, 0.29) is 17.6 Å². The Morgan fingerprint density at radius 3 is 2.64 bits per heavy atom. The molecule has 1 saturated carbocycles. The molecule has 0 aromatic heterocycles. The van der Waals surface area contributed by atoms with Gasteiger partial charge in [-0.2, -0.15) is 0 Å². The van der Waals surface area contributed by atoms with Gasteiger partial charge in [0.05, 0.1) is 4.92 Å². The average Bonchev–Trinajstić information content (AvgIpc) is 3.44. The summed E-state index contributed by atoms with van der Waals surface area (Å²) in [7, 11) is 0. The smallest absolute Gasteiger partial charge is 0.293 e. The Morgan fingerprint density at radius 1 is 1.32 bits per heavy atom. The number of piperidine rings is 1. The van der Waals surface area contributed by atoms with Crippen molar-refractivity contribution in [1.29, 1.82) is 0 Å². The predicted molar refractivity (Wildman–Crippen MR) is 97.0 cm³/mol. The van der Waals surface area contributed by atoms with Gasteiger partial charge < -0.3 is 15.5 Å². The van der Waals surface area contributed by atoms with E-state index in [9.17, 15) is 14.9 Å². The minimum absolute atomic E-state index is 0.0143. The van der Waals surface area contributed by atoms with Crippen LogP contribution in [0.3, 0.4) is 0 Å². The van der Waals surface area contributed by atoms with E-state index in [0.717, 1.165) is 45.2 Å². The van der Waals surface area contributed by atoms with Crippen LogP contribution < -0.4 is 10.6 Å². The van der Waals surface area contributed by atoms with E-state index in [0.29, 0.717) is 23.8 Å².